The second kappa shape index (κ2) is 9.19. The molecule has 0 saturated carbocycles. The molecule has 2 aliphatic rings. The van der Waals surface area contributed by atoms with Crippen LogP contribution in [0.2, 0.25) is 0 Å². The number of amides is 1. The molecule has 168 valence electrons. The zero-order valence-electron chi connectivity index (χ0n) is 16.9. The molecular formula is C21H23F3N2O5. The number of methoxy groups -OCH3 is 1. The van der Waals surface area contributed by atoms with E-state index in [-0.39, 0.29) is 17.6 Å². The van der Waals surface area contributed by atoms with Crippen molar-refractivity contribution >= 4 is 22.8 Å². The highest BCUT2D eigenvalue weighted by Gasteiger charge is 2.44. The number of ether oxygens (including phenoxy) is 2. The molecule has 2 aliphatic heterocycles. The highest BCUT2D eigenvalue weighted by atomic mass is 19.4. The van der Waals surface area contributed by atoms with E-state index in [4.69, 9.17) is 19.4 Å². The van der Waals surface area contributed by atoms with Gasteiger partial charge in [-0.25, -0.2) is 4.79 Å². The van der Waals surface area contributed by atoms with Crippen LogP contribution in [-0.2, 0) is 14.3 Å². The summed E-state index contributed by atoms with van der Waals surface area (Å²) in [5.41, 5.74) is 1.34. The largest absolute Gasteiger partial charge is 0.490 e. The molecule has 2 fully saturated rings. The lowest BCUT2D eigenvalue weighted by Crippen LogP contribution is -2.50. The Morgan fingerprint density at radius 3 is 2.65 bits per heavy atom. The number of alkyl halides is 3. The van der Waals surface area contributed by atoms with E-state index < -0.39 is 12.1 Å². The number of para-hydroxylation sites is 1. The quantitative estimate of drug-likeness (QED) is 0.771. The van der Waals surface area contributed by atoms with Crippen LogP contribution in [0.25, 0.3) is 10.9 Å². The molecule has 7 nitrogen and oxygen atoms in total. The maximum atomic E-state index is 13.1. The molecule has 3 heterocycles. The Morgan fingerprint density at radius 1 is 1.29 bits per heavy atom. The molecule has 1 amide bonds. The summed E-state index contributed by atoms with van der Waals surface area (Å²) in [6.45, 7) is 2.04. The fourth-order valence-corrected chi connectivity index (χ4v) is 3.96. The summed E-state index contributed by atoms with van der Waals surface area (Å²) < 4.78 is 43.2. The zero-order valence-corrected chi connectivity index (χ0v) is 16.9. The number of carbonyl (C=O) groups is 2. The van der Waals surface area contributed by atoms with Crippen LogP contribution < -0.4 is 0 Å². The van der Waals surface area contributed by atoms with E-state index in [9.17, 15) is 18.0 Å². The number of hydrogen-bond acceptors (Lipinski definition) is 5. The normalized spacial score (nSPS) is 23.5. The van der Waals surface area contributed by atoms with Crippen molar-refractivity contribution in [2.24, 2.45) is 0 Å². The van der Waals surface area contributed by atoms with Crippen LogP contribution in [0, 0.1) is 0 Å². The van der Waals surface area contributed by atoms with E-state index in [0.717, 1.165) is 42.3 Å². The van der Waals surface area contributed by atoms with Crippen LogP contribution in [0.4, 0.5) is 13.2 Å². The Balaban J connectivity index is 0.000000339. The van der Waals surface area contributed by atoms with Gasteiger partial charge in [-0.05, 0) is 25.0 Å². The van der Waals surface area contributed by atoms with E-state index in [2.05, 4.69) is 4.98 Å². The molecule has 0 unspecified atom stereocenters. The molecule has 1 aromatic carbocycles. The van der Waals surface area contributed by atoms with E-state index in [0.29, 0.717) is 13.2 Å². The highest BCUT2D eigenvalue weighted by Crippen LogP contribution is 2.36. The number of rotatable bonds is 2. The molecule has 4 rings (SSSR count). The summed E-state index contributed by atoms with van der Waals surface area (Å²) in [5.74, 6) is -2.69. The minimum Gasteiger partial charge on any atom is -0.475 e. The fraction of sp³-hybridized carbons (Fsp3) is 0.476. The molecule has 2 saturated heterocycles. The van der Waals surface area contributed by atoms with E-state index in [1.54, 1.807) is 13.3 Å². The van der Waals surface area contributed by atoms with Crippen molar-refractivity contribution in [1.29, 1.82) is 0 Å². The third-order valence-corrected chi connectivity index (χ3v) is 5.46. The number of pyridine rings is 1. The van der Waals surface area contributed by atoms with Crippen molar-refractivity contribution in [2.45, 2.75) is 37.1 Å². The average molecular weight is 440 g/mol. The molecule has 10 heteroatoms. The van der Waals surface area contributed by atoms with E-state index in [1.807, 2.05) is 35.2 Å². The predicted octanol–water partition coefficient (Wildman–Crippen LogP) is 3.28. The number of carbonyl (C=O) groups excluding carboxylic acids is 1. The Hall–Kier alpha value is -2.72. The number of aliphatic carboxylic acids is 1. The topological polar surface area (TPSA) is 89.0 Å². The van der Waals surface area contributed by atoms with Gasteiger partial charge in [-0.2, -0.15) is 13.2 Å². The Bertz CT molecular complexity index is 947. The predicted molar refractivity (Wildman–Crippen MR) is 105 cm³/mol. The Labute approximate surface area is 176 Å². The van der Waals surface area contributed by atoms with Crippen molar-refractivity contribution in [1.82, 2.24) is 9.88 Å². The van der Waals surface area contributed by atoms with Crippen molar-refractivity contribution in [3.05, 3.63) is 42.1 Å². The summed E-state index contributed by atoms with van der Waals surface area (Å²) in [5, 5.41) is 8.03. The second-order valence-corrected chi connectivity index (χ2v) is 7.56. The average Bonchev–Trinajstić information content (AvgIpc) is 3.14. The van der Waals surface area contributed by atoms with Gasteiger partial charge in [-0.15, -0.1) is 0 Å². The first-order valence-electron chi connectivity index (χ1n) is 9.75. The van der Waals surface area contributed by atoms with Gasteiger partial charge in [0.25, 0.3) is 5.91 Å². The molecule has 1 aromatic heterocycles. The van der Waals surface area contributed by atoms with Gasteiger partial charge in [0.1, 0.15) is 0 Å². The van der Waals surface area contributed by atoms with Gasteiger partial charge in [0.15, 0.2) is 0 Å². The first-order chi connectivity index (χ1) is 14.6. The van der Waals surface area contributed by atoms with Gasteiger partial charge in [0.05, 0.1) is 35.9 Å². The van der Waals surface area contributed by atoms with Crippen molar-refractivity contribution in [3.63, 3.8) is 0 Å². The standard InChI is InChI=1S/C19H22N2O3.C2HF3O2/c1-23-14-11-19(24-12-14)8-4-10-21(13-19)18(22)16-7-9-20-17-6-3-2-5-15(16)17;3-2(4,5)1(6)7/h2-3,5-7,9,14H,4,8,10-13H2,1H3;(H,6,7)/t14-,19+;/m1./s1. The van der Waals surface area contributed by atoms with Crippen LogP contribution in [-0.4, -0.2) is 71.6 Å². The minimum absolute atomic E-state index is 0.0668. The molecule has 1 N–H and O–H groups in total. The molecule has 1 spiro atoms. The SMILES string of the molecule is CO[C@H]1CO[C@@]2(CCCN(C(=O)c3ccnc4ccccc34)C2)C1.O=C(O)C(F)(F)F. The summed E-state index contributed by atoms with van der Waals surface area (Å²) >= 11 is 0. The molecule has 0 aliphatic carbocycles. The van der Waals surface area contributed by atoms with Crippen molar-refractivity contribution in [2.75, 3.05) is 26.8 Å². The van der Waals surface area contributed by atoms with Gasteiger partial charge < -0.3 is 19.5 Å². The number of carboxylic acids is 1. The summed E-state index contributed by atoms with van der Waals surface area (Å²) in [6, 6.07) is 9.60. The van der Waals surface area contributed by atoms with Crippen LogP contribution in [0.15, 0.2) is 36.5 Å². The first kappa shape index (κ1) is 23.0. The third kappa shape index (κ3) is 5.31. The molecule has 31 heavy (non-hydrogen) atoms. The lowest BCUT2D eigenvalue weighted by molar-refractivity contribution is -0.192. The third-order valence-electron chi connectivity index (χ3n) is 5.46. The summed E-state index contributed by atoms with van der Waals surface area (Å²) in [7, 11) is 1.72. The number of fused-ring (bicyclic) bond motifs is 1. The molecular weight excluding hydrogens is 417 g/mol. The van der Waals surface area contributed by atoms with Gasteiger partial charge in [0, 0.05) is 31.7 Å². The number of halogens is 3. The molecule has 0 radical (unpaired) electrons. The van der Waals surface area contributed by atoms with Crippen LogP contribution in [0.3, 0.4) is 0 Å². The number of piperidine rings is 1. The number of likely N-dealkylation sites (tertiary alicyclic amines) is 1. The molecule has 2 aromatic rings. The van der Waals surface area contributed by atoms with E-state index >= 15 is 0 Å². The Kier molecular flexibility index (Phi) is 6.80. The number of nitrogens with zero attached hydrogens (tertiary/aromatic N) is 2. The Morgan fingerprint density at radius 2 is 2.00 bits per heavy atom. The number of benzene rings is 1. The van der Waals surface area contributed by atoms with E-state index in [1.165, 1.54) is 0 Å². The first-order valence-corrected chi connectivity index (χ1v) is 9.75. The van der Waals surface area contributed by atoms with Gasteiger partial charge in [0.2, 0.25) is 0 Å². The second-order valence-electron chi connectivity index (χ2n) is 7.56. The maximum absolute atomic E-state index is 13.1. The fourth-order valence-electron chi connectivity index (χ4n) is 3.96. The lowest BCUT2D eigenvalue weighted by Gasteiger charge is -2.39. The van der Waals surface area contributed by atoms with Crippen LogP contribution in [0.5, 0.6) is 0 Å². The minimum atomic E-state index is -5.08. The smallest absolute Gasteiger partial charge is 0.475 e. The van der Waals surface area contributed by atoms with Gasteiger partial charge in [-0.1, -0.05) is 18.2 Å². The summed E-state index contributed by atoms with van der Waals surface area (Å²) in [6.07, 6.45) is -0.409. The van der Waals surface area contributed by atoms with Gasteiger partial charge >= 0.3 is 12.1 Å². The van der Waals surface area contributed by atoms with Gasteiger partial charge in [-0.3, -0.25) is 9.78 Å². The molecule has 0 bridgehead atoms. The highest BCUT2D eigenvalue weighted by molar-refractivity contribution is 6.06. The van der Waals surface area contributed by atoms with Crippen LogP contribution in [0.1, 0.15) is 29.6 Å². The monoisotopic (exact) mass is 440 g/mol. The molecule has 2 atom stereocenters. The maximum Gasteiger partial charge on any atom is 0.490 e. The summed E-state index contributed by atoms with van der Waals surface area (Å²) in [4.78, 5) is 28.3. The number of aromatic nitrogens is 1. The van der Waals surface area contributed by atoms with Crippen molar-refractivity contribution in [3.8, 4) is 0 Å². The number of hydrogen-bond donors (Lipinski definition) is 1. The van der Waals surface area contributed by atoms with Crippen molar-refractivity contribution < 1.29 is 37.3 Å². The number of carboxylic acid groups (broad SMARTS) is 1. The van der Waals surface area contributed by atoms with Crippen LogP contribution >= 0.6 is 0 Å². The lowest BCUT2D eigenvalue weighted by atomic mass is 9.89. The zero-order chi connectivity index (χ0) is 22.6.